The number of carbonyl (C=O) groups is 1. The van der Waals surface area contributed by atoms with Crippen LogP contribution in [0.5, 0.6) is 0 Å². The molecule has 1 aromatic heterocycles. The third-order valence-electron chi connectivity index (χ3n) is 4.07. The Morgan fingerprint density at radius 2 is 2.00 bits per heavy atom. The van der Waals surface area contributed by atoms with E-state index in [-0.39, 0.29) is 5.91 Å². The number of carbonyl (C=O) groups excluding carboxylic acids is 1. The molecule has 106 valence electrons. The average molecular weight is 271 g/mol. The minimum absolute atomic E-state index is 0.232. The number of aryl methyl sites for hydroxylation is 2. The van der Waals surface area contributed by atoms with Gasteiger partial charge in [-0.25, -0.2) is 0 Å². The predicted octanol–water partition coefficient (Wildman–Crippen LogP) is 1.76. The summed E-state index contributed by atoms with van der Waals surface area (Å²) in [5.74, 6) is 0.232. The number of benzene rings is 1. The van der Waals surface area contributed by atoms with Gasteiger partial charge in [-0.1, -0.05) is 12.1 Å². The van der Waals surface area contributed by atoms with Crippen LogP contribution in [-0.4, -0.2) is 42.0 Å². The molecule has 0 radical (unpaired) electrons. The summed E-state index contributed by atoms with van der Waals surface area (Å²) in [5, 5.41) is 4.45. The third-order valence-corrected chi connectivity index (χ3v) is 4.07. The number of amides is 1. The molecule has 2 aromatic rings. The smallest absolute Gasteiger partial charge is 0.227 e. The Balaban J connectivity index is 1.86. The molecule has 1 aliphatic heterocycles. The summed E-state index contributed by atoms with van der Waals surface area (Å²) < 4.78 is 0. The van der Waals surface area contributed by atoms with Crippen molar-refractivity contribution in [2.24, 2.45) is 0 Å². The van der Waals surface area contributed by atoms with Crippen LogP contribution in [0.1, 0.15) is 16.8 Å². The molecule has 0 bridgehead atoms. The highest BCUT2D eigenvalue weighted by molar-refractivity contribution is 5.90. The van der Waals surface area contributed by atoms with Crippen LogP contribution in [0.3, 0.4) is 0 Å². The highest BCUT2D eigenvalue weighted by atomic mass is 16.2. The lowest BCUT2D eigenvalue weighted by Crippen LogP contribution is -2.46. The van der Waals surface area contributed by atoms with Crippen LogP contribution in [-0.2, 0) is 11.2 Å². The van der Waals surface area contributed by atoms with Crippen molar-refractivity contribution in [3.63, 3.8) is 0 Å². The first-order chi connectivity index (χ1) is 9.65. The lowest BCUT2D eigenvalue weighted by Gasteiger charge is -2.27. The van der Waals surface area contributed by atoms with Crippen LogP contribution in [0.15, 0.2) is 18.2 Å². The second-order valence-corrected chi connectivity index (χ2v) is 5.59. The summed E-state index contributed by atoms with van der Waals surface area (Å²) in [4.78, 5) is 17.8. The maximum atomic E-state index is 12.4. The molecule has 20 heavy (non-hydrogen) atoms. The van der Waals surface area contributed by atoms with Crippen molar-refractivity contribution in [3.05, 3.63) is 35.0 Å². The van der Waals surface area contributed by atoms with Gasteiger partial charge in [-0.2, -0.15) is 0 Å². The zero-order valence-electron chi connectivity index (χ0n) is 12.1. The van der Waals surface area contributed by atoms with Crippen LogP contribution in [0.2, 0.25) is 0 Å². The van der Waals surface area contributed by atoms with Crippen molar-refractivity contribution >= 4 is 16.8 Å². The fourth-order valence-corrected chi connectivity index (χ4v) is 2.91. The molecule has 1 aromatic carbocycles. The van der Waals surface area contributed by atoms with Gasteiger partial charge >= 0.3 is 0 Å². The van der Waals surface area contributed by atoms with E-state index < -0.39 is 0 Å². The molecule has 0 saturated carbocycles. The lowest BCUT2D eigenvalue weighted by molar-refractivity contribution is -0.131. The van der Waals surface area contributed by atoms with E-state index in [1.54, 1.807) is 0 Å². The molecule has 1 aliphatic rings. The summed E-state index contributed by atoms with van der Waals surface area (Å²) in [6.07, 6.45) is 0.495. The number of hydrogen-bond acceptors (Lipinski definition) is 2. The third kappa shape index (κ3) is 2.43. The zero-order chi connectivity index (χ0) is 14.1. The number of nitrogens with zero attached hydrogens (tertiary/aromatic N) is 1. The largest absolute Gasteiger partial charge is 0.358 e. The van der Waals surface area contributed by atoms with Gasteiger partial charge in [-0.15, -0.1) is 0 Å². The van der Waals surface area contributed by atoms with Crippen LogP contribution >= 0.6 is 0 Å². The zero-order valence-corrected chi connectivity index (χ0v) is 12.1. The van der Waals surface area contributed by atoms with Gasteiger partial charge in [-0.3, -0.25) is 4.79 Å². The van der Waals surface area contributed by atoms with Gasteiger partial charge in [-0.05, 0) is 31.0 Å². The number of aromatic amines is 1. The first kappa shape index (κ1) is 13.2. The van der Waals surface area contributed by atoms with Gasteiger partial charge in [0.25, 0.3) is 0 Å². The predicted molar refractivity (Wildman–Crippen MR) is 80.9 cm³/mol. The monoisotopic (exact) mass is 271 g/mol. The Hall–Kier alpha value is -1.81. The van der Waals surface area contributed by atoms with E-state index in [0.29, 0.717) is 6.42 Å². The van der Waals surface area contributed by atoms with Crippen molar-refractivity contribution in [3.8, 4) is 0 Å². The van der Waals surface area contributed by atoms with E-state index in [1.165, 1.54) is 10.9 Å². The van der Waals surface area contributed by atoms with E-state index in [2.05, 4.69) is 42.3 Å². The maximum absolute atomic E-state index is 12.4. The molecule has 4 heteroatoms. The van der Waals surface area contributed by atoms with E-state index in [4.69, 9.17) is 0 Å². The van der Waals surface area contributed by atoms with Gasteiger partial charge in [0.05, 0.1) is 6.42 Å². The molecular weight excluding hydrogens is 250 g/mol. The van der Waals surface area contributed by atoms with Crippen LogP contribution in [0.25, 0.3) is 10.9 Å². The maximum Gasteiger partial charge on any atom is 0.227 e. The number of aromatic nitrogens is 1. The van der Waals surface area contributed by atoms with Crippen molar-refractivity contribution in [2.45, 2.75) is 20.3 Å². The van der Waals surface area contributed by atoms with Crippen LogP contribution < -0.4 is 5.32 Å². The first-order valence-corrected chi connectivity index (χ1v) is 7.21. The summed E-state index contributed by atoms with van der Waals surface area (Å²) in [5.41, 5.74) is 4.61. The van der Waals surface area contributed by atoms with Crippen molar-refractivity contribution in [1.82, 2.24) is 15.2 Å². The molecule has 2 heterocycles. The van der Waals surface area contributed by atoms with Gasteiger partial charge in [0.2, 0.25) is 5.91 Å². The minimum atomic E-state index is 0.232. The Morgan fingerprint density at radius 3 is 2.75 bits per heavy atom. The summed E-state index contributed by atoms with van der Waals surface area (Å²) >= 11 is 0. The molecule has 2 N–H and O–H groups in total. The number of fused-ring (bicyclic) bond motifs is 1. The minimum Gasteiger partial charge on any atom is -0.358 e. The van der Waals surface area contributed by atoms with Crippen LogP contribution in [0, 0.1) is 13.8 Å². The molecule has 0 aliphatic carbocycles. The van der Waals surface area contributed by atoms with E-state index in [1.807, 2.05) is 4.90 Å². The van der Waals surface area contributed by atoms with Gasteiger partial charge in [0.1, 0.15) is 0 Å². The Labute approximate surface area is 119 Å². The summed E-state index contributed by atoms with van der Waals surface area (Å²) in [6.45, 7) is 7.57. The highest BCUT2D eigenvalue weighted by Crippen LogP contribution is 2.24. The molecule has 0 spiro atoms. The Morgan fingerprint density at radius 1 is 1.25 bits per heavy atom. The molecule has 0 unspecified atom stereocenters. The number of rotatable bonds is 2. The SMILES string of the molecule is Cc1ccc2c(CC(=O)N3CCNCC3)c(C)[nH]c2c1. The fraction of sp³-hybridized carbons (Fsp3) is 0.438. The number of nitrogens with one attached hydrogen (secondary N) is 2. The van der Waals surface area contributed by atoms with Crippen molar-refractivity contribution in [2.75, 3.05) is 26.2 Å². The topological polar surface area (TPSA) is 48.1 Å². The normalized spacial score (nSPS) is 15.8. The number of H-pyrrole nitrogens is 1. The average Bonchev–Trinajstić information content (AvgIpc) is 2.75. The van der Waals surface area contributed by atoms with Gasteiger partial charge in [0, 0.05) is 42.8 Å². The molecule has 1 saturated heterocycles. The first-order valence-electron chi connectivity index (χ1n) is 7.21. The standard InChI is InChI=1S/C16H21N3O/c1-11-3-4-13-14(12(2)18-15(13)9-11)10-16(20)19-7-5-17-6-8-19/h3-4,9,17-18H,5-8,10H2,1-2H3. The highest BCUT2D eigenvalue weighted by Gasteiger charge is 2.19. The molecule has 0 atom stereocenters. The second-order valence-electron chi connectivity index (χ2n) is 5.59. The van der Waals surface area contributed by atoms with Crippen LogP contribution in [0.4, 0.5) is 0 Å². The van der Waals surface area contributed by atoms with Crippen molar-refractivity contribution in [1.29, 1.82) is 0 Å². The van der Waals surface area contributed by atoms with E-state index in [9.17, 15) is 4.79 Å². The van der Waals surface area contributed by atoms with E-state index in [0.717, 1.165) is 43.0 Å². The number of piperazine rings is 1. The molecule has 1 fully saturated rings. The fourth-order valence-electron chi connectivity index (χ4n) is 2.91. The van der Waals surface area contributed by atoms with Gasteiger partial charge < -0.3 is 15.2 Å². The molecule has 3 rings (SSSR count). The number of hydrogen-bond donors (Lipinski definition) is 2. The van der Waals surface area contributed by atoms with E-state index >= 15 is 0 Å². The molecule has 1 amide bonds. The summed E-state index contributed by atoms with van der Waals surface area (Å²) in [7, 11) is 0. The van der Waals surface area contributed by atoms with Gasteiger partial charge in [0.15, 0.2) is 0 Å². The second kappa shape index (κ2) is 5.29. The van der Waals surface area contributed by atoms with Crippen molar-refractivity contribution < 1.29 is 4.79 Å². The quantitative estimate of drug-likeness (QED) is 0.874. The lowest BCUT2D eigenvalue weighted by atomic mass is 10.1. The summed E-state index contributed by atoms with van der Waals surface area (Å²) in [6, 6.07) is 6.37. The molecular formula is C16H21N3O. The molecule has 4 nitrogen and oxygen atoms in total. The Bertz CT molecular complexity index is 638. The Kier molecular flexibility index (Phi) is 3.49.